The molecule has 0 amide bonds. The Morgan fingerprint density at radius 2 is 2.11 bits per heavy atom. The minimum absolute atomic E-state index is 0.126. The number of aliphatic hydroxyl groups is 1. The van der Waals surface area contributed by atoms with Crippen molar-refractivity contribution in [1.82, 2.24) is 4.72 Å². The Morgan fingerprint density at radius 3 is 2.68 bits per heavy atom. The SMILES string of the molecule is Cc1ccc(S(=O)(=O)NCCCC(C)CO)cc1N. The maximum absolute atomic E-state index is 12.0. The highest BCUT2D eigenvalue weighted by atomic mass is 32.2. The molecule has 5 nitrogen and oxygen atoms in total. The van der Waals surface area contributed by atoms with Crippen molar-refractivity contribution in [1.29, 1.82) is 0 Å². The van der Waals surface area contributed by atoms with Crippen molar-refractivity contribution < 1.29 is 13.5 Å². The maximum atomic E-state index is 12.0. The van der Waals surface area contributed by atoms with E-state index in [0.29, 0.717) is 18.7 Å². The largest absolute Gasteiger partial charge is 0.398 e. The average Bonchev–Trinajstić information content (AvgIpc) is 2.37. The summed E-state index contributed by atoms with van der Waals surface area (Å²) >= 11 is 0. The number of nitrogen functional groups attached to an aromatic ring is 1. The number of aliphatic hydroxyl groups excluding tert-OH is 1. The fourth-order valence-corrected chi connectivity index (χ4v) is 2.73. The zero-order chi connectivity index (χ0) is 14.5. The van der Waals surface area contributed by atoms with Crippen LogP contribution in [0.1, 0.15) is 25.3 Å². The first kappa shape index (κ1) is 15.9. The minimum Gasteiger partial charge on any atom is -0.398 e. The van der Waals surface area contributed by atoms with Crippen LogP contribution in [0.3, 0.4) is 0 Å². The van der Waals surface area contributed by atoms with Gasteiger partial charge in [0.05, 0.1) is 4.90 Å². The van der Waals surface area contributed by atoms with Crippen molar-refractivity contribution in [3.05, 3.63) is 23.8 Å². The summed E-state index contributed by atoms with van der Waals surface area (Å²) in [5, 5.41) is 8.88. The monoisotopic (exact) mass is 286 g/mol. The van der Waals surface area contributed by atoms with Gasteiger partial charge < -0.3 is 10.8 Å². The van der Waals surface area contributed by atoms with E-state index in [9.17, 15) is 8.42 Å². The zero-order valence-electron chi connectivity index (χ0n) is 11.4. The van der Waals surface area contributed by atoms with Gasteiger partial charge in [-0.1, -0.05) is 13.0 Å². The normalized spacial score (nSPS) is 13.4. The molecule has 0 saturated heterocycles. The van der Waals surface area contributed by atoms with Gasteiger partial charge in [-0.25, -0.2) is 13.1 Å². The van der Waals surface area contributed by atoms with Crippen LogP contribution in [-0.2, 0) is 10.0 Å². The summed E-state index contributed by atoms with van der Waals surface area (Å²) in [6.45, 7) is 4.24. The van der Waals surface area contributed by atoms with Crippen molar-refractivity contribution in [2.75, 3.05) is 18.9 Å². The molecule has 4 N–H and O–H groups in total. The lowest BCUT2D eigenvalue weighted by Gasteiger charge is -2.10. The topological polar surface area (TPSA) is 92.4 Å². The van der Waals surface area contributed by atoms with Gasteiger partial charge in [-0.15, -0.1) is 0 Å². The summed E-state index contributed by atoms with van der Waals surface area (Å²) in [7, 11) is -3.50. The van der Waals surface area contributed by atoms with Crippen LogP contribution in [0.5, 0.6) is 0 Å². The molecule has 19 heavy (non-hydrogen) atoms. The summed E-state index contributed by atoms with van der Waals surface area (Å²) in [6, 6.07) is 4.70. The van der Waals surface area contributed by atoms with Gasteiger partial charge >= 0.3 is 0 Å². The Labute approximate surface area is 114 Å². The van der Waals surface area contributed by atoms with E-state index < -0.39 is 10.0 Å². The van der Waals surface area contributed by atoms with Crippen LogP contribution in [0.2, 0.25) is 0 Å². The Morgan fingerprint density at radius 1 is 1.42 bits per heavy atom. The molecular weight excluding hydrogens is 264 g/mol. The number of aryl methyl sites for hydroxylation is 1. The summed E-state index contributed by atoms with van der Waals surface area (Å²) in [5.41, 5.74) is 7.04. The van der Waals surface area contributed by atoms with E-state index in [1.54, 1.807) is 12.1 Å². The third kappa shape index (κ3) is 4.81. The van der Waals surface area contributed by atoms with Crippen molar-refractivity contribution in [2.24, 2.45) is 5.92 Å². The van der Waals surface area contributed by atoms with Crippen LogP contribution in [-0.4, -0.2) is 26.7 Å². The quantitative estimate of drug-likeness (QED) is 0.520. The number of anilines is 1. The van der Waals surface area contributed by atoms with E-state index in [-0.39, 0.29) is 17.4 Å². The lowest BCUT2D eigenvalue weighted by molar-refractivity contribution is 0.228. The first-order chi connectivity index (χ1) is 8.86. The molecule has 0 saturated carbocycles. The van der Waals surface area contributed by atoms with E-state index in [2.05, 4.69) is 4.72 Å². The van der Waals surface area contributed by atoms with Gasteiger partial charge in [0, 0.05) is 18.8 Å². The number of sulfonamides is 1. The van der Waals surface area contributed by atoms with Crippen LogP contribution in [0.15, 0.2) is 23.1 Å². The van der Waals surface area contributed by atoms with Crippen molar-refractivity contribution >= 4 is 15.7 Å². The third-order valence-corrected chi connectivity index (χ3v) is 4.50. The molecule has 108 valence electrons. The van der Waals surface area contributed by atoms with Crippen LogP contribution >= 0.6 is 0 Å². The highest BCUT2D eigenvalue weighted by Crippen LogP contribution is 2.17. The molecule has 1 aromatic carbocycles. The second-order valence-electron chi connectivity index (χ2n) is 4.85. The molecule has 1 atom stereocenters. The van der Waals surface area contributed by atoms with E-state index in [1.807, 2.05) is 13.8 Å². The van der Waals surface area contributed by atoms with Gasteiger partial charge in [-0.2, -0.15) is 0 Å². The van der Waals surface area contributed by atoms with Crippen LogP contribution in [0, 0.1) is 12.8 Å². The smallest absolute Gasteiger partial charge is 0.240 e. The van der Waals surface area contributed by atoms with E-state index in [1.165, 1.54) is 6.07 Å². The first-order valence-electron chi connectivity index (χ1n) is 6.33. The summed E-state index contributed by atoms with van der Waals surface area (Å²) < 4.78 is 26.5. The van der Waals surface area contributed by atoms with Crippen molar-refractivity contribution in [2.45, 2.75) is 31.6 Å². The maximum Gasteiger partial charge on any atom is 0.240 e. The standard InChI is InChI=1S/C13H22N2O3S/c1-10(9-16)4-3-7-15-19(17,18)12-6-5-11(2)13(14)8-12/h5-6,8,10,15-16H,3-4,7,9,14H2,1-2H3. The van der Waals surface area contributed by atoms with Crippen molar-refractivity contribution in [3.63, 3.8) is 0 Å². The molecule has 0 radical (unpaired) electrons. The molecule has 6 heteroatoms. The molecule has 0 heterocycles. The van der Waals surface area contributed by atoms with E-state index in [0.717, 1.165) is 12.0 Å². The van der Waals surface area contributed by atoms with Gasteiger partial charge in [-0.3, -0.25) is 0 Å². The number of hydrogen-bond donors (Lipinski definition) is 3. The Hall–Kier alpha value is -1.11. The second kappa shape index (κ2) is 6.88. The van der Waals surface area contributed by atoms with Crippen molar-refractivity contribution in [3.8, 4) is 0 Å². The number of nitrogens with one attached hydrogen (secondary N) is 1. The predicted molar refractivity (Wildman–Crippen MR) is 76.3 cm³/mol. The predicted octanol–water partition coefficient (Wildman–Crippen LogP) is 1.26. The Balaban J connectivity index is 2.58. The molecular formula is C13H22N2O3S. The molecule has 1 rings (SSSR count). The number of benzene rings is 1. The molecule has 0 aliphatic carbocycles. The number of nitrogens with two attached hydrogens (primary N) is 1. The van der Waals surface area contributed by atoms with E-state index in [4.69, 9.17) is 10.8 Å². The lowest BCUT2D eigenvalue weighted by atomic mass is 10.1. The molecule has 1 aromatic rings. The molecule has 0 bridgehead atoms. The van der Waals surface area contributed by atoms with Gasteiger partial charge in [0.2, 0.25) is 10.0 Å². The second-order valence-corrected chi connectivity index (χ2v) is 6.61. The number of hydrogen-bond acceptors (Lipinski definition) is 4. The van der Waals surface area contributed by atoms with Crippen LogP contribution in [0.25, 0.3) is 0 Å². The number of rotatable bonds is 7. The molecule has 0 aliphatic rings. The van der Waals surface area contributed by atoms with Gasteiger partial charge in [-0.05, 0) is 43.4 Å². The molecule has 0 spiro atoms. The highest BCUT2D eigenvalue weighted by Gasteiger charge is 2.14. The highest BCUT2D eigenvalue weighted by molar-refractivity contribution is 7.89. The fraction of sp³-hybridized carbons (Fsp3) is 0.538. The van der Waals surface area contributed by atoms with Gasteiger partial charge in [0.15, 0.2) is 0 Å². The Bertz CT molecular complexity index is 515. The van der Waals surface area contributed by atoms with Gasteiger partial charge in [0.25, 0.3) is 0 Å². The summed E-state index contributed by atoms with van der Waals surface area (Å²) in [6.07, 6.45) is 1.48. The molecule has 0 aliphatic heterocycles. The average molecular weight is 286 g/mol. The lowest BCUT2D eigenvalue weighted by Crippen LogP contribution is -2.25. The molecule has 0 fully saturated rings. The Kier molecular flexibility index (Phi) is 5.78. The molecule has 0 aromatic heterocycles. The first-order valence-corrected chi connectivity index (χ1v) is 7.82. The fourth-order valence-electron chi connectivity index (χ4n) is 1.62. The van der Waals surface area contributed by atoms with Gasteiger partial charge in [0.1, 0.15) is 0 Å². The van der Waals surface area contributed by atoms with Crippen LogP contribution < -0.4 is 10.5 Å². The minimum atomic E-state index is -3.50. The zero-order valence-corrected chi connectivity index (χ0v) is 12.2. The summed E-state index contributed by atoms with van der Waals surface area (Å²) in [5.74, 6) is 0.194. The summed E-state index contributed by atoms with van der Waals surface area (Å²) in [4.78, 5) is 0.186. The third-order valence-electron chi connectivity index (χ3n) is 3.04. The van der Waals surface area contributed by atoms with E-state index >= 15 is 0 Å². The molecule has 1 unspecified atom stereocenters. The van der Waals surface area contributed by atoms with Crippen LogP contribution in [0.4, 0.5) is 5.69 Å².